The number of ether oxygens (including phenoxy) is 1. The van der Waals surface area contributed by atoms with Crippen LogP contribution in [0, 0.1) is 18.8 Å². The van der Waals surface area contributed by atoms with Crippen LogP contribution in [0.5, 0.6) is 0 Å². The lowest BCUT2D eigenvalue weighted by Crippen LogP contribution is -2.47. The molecule has 8 heteroatoms. The number of carbonyl (C=O) groups is 3. The first-order valence-corrected chi connectivity index (χ1v) is 7.27. The smallest absolute Gasteiger partial charge is 0.374 e. The Hall–Kier alpha value is -2.09. The van der Waals surface area contributed by atoms with Crippen LogP contribution in [-0.2, 0) is 20.5 Å². The van der Waals surface area contributed by atoms with Gasteiger partial charge in [-0.15, -0.1) is 0 Å². The Morgan fingerprint density at radius 2 is 1.88 bits per heavy atom. The van der Waals surface area contributed by atoms with Gasteiger partial charge in [-0.1, -0.05) is 6.92 Å². The van der Waals surface area contributed by atoms with E-state index in [1.807, 2.05) is 0 Å². The maximum absolute atomic E-state index is 12.7. The van der Waals surface area contributed by atoms with E-state index in [-0.39, 0.29) is 17.7 Å². The molecule has 0 amide bonds. The fourth-order valence-corrected chi connectivity index (χ4v) is 2.77. The number of hydrogen-bond donors (Lipinski definition) is 0. The maximum Gasteiger partial charge on any atom is 0.433 e. The van der Waals surface area contributed by atoms with Crippen molar-refractivity contribution in [2.24, 2.45) is 11.8 Å². The van der Waals surface area contributed by atoms with Crippen molar-refractivity contribution in [3.63, 3.8) is 0 Å². The van der Waals surface area contributed by atoms with E-state index in [9.17, 15) is 27.6 Å². The topological polar surface area (TPSA) is 73.3 Å². The highest BCUT2D eigenvalue weighted by molar-refractivity contribution is 6.26. The van der Waals surface area contributed by atoms with Gasteiger partial charge in [-0.2, -0.15) is 13.2 Å². The van der Waals surface area contributed by atoms with Crippen LogP contribution in [0.4, 0.5) is 13.2 Å². The zero-order valence-electron chi connectivity index (χ0n) is 13.3. The zero-order chi connectivity index (χ0) is 18.2. The van der Waals surface area contributed by atoms with Gasteiger partial charge in [-0.25, -0.2) is 4.98 Å². The van der Waals surface area contributed by atoms with Crippen molar-refractivity contribution < 1.29 is 32.3 Å². The molecule has 3 atom stereocenters. The van der Waals surface area contributed by atoms with Gasteiger partial charge in [0.15, 0.2) is 17.3 Å². The standard InChI is InChI=1S/C16H16F3NO4/c1-7-6-10(24-3)15(23)12(13(7)21)14(22)9-4-5-11(16(17,18)19)20-8(9)2/h4-5,7,10,12H,6H2,1-3H3. The van der Waals surface area contributed by atoms with Crippen LogP contribution in [0.3, 0.4) is 0 Å². The van der Waals surface area contributed by atoms with Gasteiger partial charge < -0.3 is 4.74 Å². The van der Waals surface area contributed by atoms with Crippen molar-refractivity contribution in [3.8, 4) is 0 Å². The molecular weight excluding hydrogens is 327 g/mol. The summed E-state index contributed by atoms with van der Waals surface area (Å²) in [6, 6.07) is 1.62. The van der Waals surface area contributed by atoms with E-state index in [1.54, 1.807) is 6.92 Å². The number of aryl methyl sites for hydroxylation is 1. The summed E-state index contributed by atoms with van der Waals surface area (Å²) in [5.74, 6) is -4.15. The van der Waals surface area contributed by atoms with Crippen molar-refractivity contribution in [2.45, 2.75) is 32.5 Å². The molecule has 1 heterocycles. The second-order valence-electron chi connectivity index (χ2n) is 5.79. The molecule has 2 rings (SSSR count). The van der Waals surface area contributed by atoms with Crippen LogP contribution in [0.15, 0.2) is 12.1 Å². The van der Waals surface area contributed by atoms with Gasteiger partial charge in [0.1, 0.15) is 17.7 Å². The number of carbonyl (C=O) groups excluding carboxylic acids is 3. The Morgan fingerprint density at radius 1 is 1.25 bits per heavy atom. The fourth-order valence-electron chi connectivity index (χ4n) is 2.77. The van der Waals surface area contributed by atoms with Crippen LogP contribution in [-0.4, -0.2) is 35.5 Å². The maximum atomic E-state index is 12.7. The first kappa shape index (κ1) is 18.3. The number of nitrogens with zero attached hydrogens (tertiary/aromatic N) is 1. The zero-order valence-corrected chi connectivity index (χ0v) is 13.3. The van der Waals surface area contributed by atoms with Crippen molar-refractivity contribution in [1.82, 2.24) is 4.98 Å². The largest absolute Gasteiger partial charge is 0.433 e. The van der Waals surface area contributed by atoms with Crippen LogP contribution in [0.25, 0.3) is 0 Å². The van der Waals surface area contributed by atoms with E-state index >= 15 is 0 Å². The van der Waals surface area contributed by atoms with E-state index in [4.69, 9.17) is 4.74 Å². The molecule has 24 heavy (non-hydrogen) atoms. The Kier molecular flexibility index (Phi) is 4.89. The predicted octanol–water partition coefficient (Wildman–Crippen LogP) is 2.40. The summed E-state index contributed by atoms with van der Waals surface area (Å²) in [6.45, 7) is 2.82. The molecule has 0 N–H and O–H groups in total. The fraction of sp³-hybridized carbons (Fsp3) is 0.500. The highest BCUT2D eigenvalue weighted by Crippen LogP contribution is 2.31. The summed E-state index contributed by atoms with van der Waals surface area (Å²) in [7, 11) is 1.30. The Labute approximate surface area is 136 Å². The van der Waals surface area contributed by atoms with Crippen molar-refractivity contribution in [1.29, 1.82) is 0 Å². The summed E-state index contributed by atoms with van der Waals surface area (Å²) in [5, 5.41) is 0. The number of hydrogen-bond acceptors (Lipinski definition) is 5. The normalized spacial score (nSPS) is 25.0. The molecule has 1 aromatic rings. The SMILES string of the molecule is COC1CC(C)C(=O)C(C(=O)c2ccc(C(F)(F)F)nc2C)C1=O. The molecular formula is C16H16F3NO4. The van der Waals surface area contributed by atoms with Gasteiger partial charge in [0.2, 0.25) is 0 Å². The number of Topliss-reactive ketones (excluding diaryl/α,β-unsaturated/α-hetero) is 3. The van der Waals surface area contributed by atoms with E-state index in [1.165, 1.54) is 14.0 Å². The molecule has 130 valence electrons. The second kappa shape index (κ2) is 6.43. The molecule has 1 aliphatic rings. The van der Waals surface area contributed by atoms with E-state index in [0.717, 1.165) is 6.07 Å². The quantitative estimate of drug-likeness (QED) is 0.622. The van der Waals surface area contributed by atoms with Crippen LogP contribution in [0.1, 0.15) is 35.1 Å². The minimum Gasteiger partial charge on any atom is -0.374 e. The highest BCUT2D eigenvalue weighted by atomic mass is 19.4. The Morgan fingerprint density at radius 3 is 2.38 bits per heavy atom. The summed E-state index contributed by atoms with van der Waals surface area (Å²) in [5.41, 5.74) is -1.48. The molecule has 0 spiro atoms. The average molecular weight is 343 g/mol. The summed E-state index contributed by atoms with van der Waals surface area (Å²) >= 11 is 0. The Balaban J connectivity index is 2.40. The Bertz CT molecular complexity index is 699. The first-order chi connectivity index (χ1) is 11.1. The minimum atomic E-state index is -4.64. The van der Waals surface area contributed by atoms with Crippen molar-refractivity contribution in [3.05, 3.63) is 29.1 Å². The third-order valence-corrected chi connectivity index (χ3v) is 4.13. The second-order valence-corrected chi connectivity index (χ2v) is 5.79. The van der Waals surface area contributed by atoms with Gasteiger partial charge in [0.05, 0.1) is 0 Å². The number of methoxy groups -OCH3 is 1. The molecule has 0 saturated heterocycles. The van der Waals surface area contributed by atoms with E-state index in [2.05, 4.69) is 4.98 Å². The molecule has 1 fully saturated rings. The molecule has 0 aromatic carbocycles. The van der Waals surface area contributed by atoms with Gasteiger partial charge in [0.25, 0.3) is 0 Å². The van der Waals surface area contributed by atoms with E-state index < -0.39 is 47.2 Å². The molecule has 0 aliphatic heterocycles. The van der Waals surface area contributed by atoms with Gasteiger partial charge in [-0.05, 0) is 25.5 Å². The third kappa shape index (κ3) is 3.24. The molecule has 1 aliphatic carbocycles. The van der Waals surface area contributed by atoms with Crippen LogP contribution >= 0.6 is 0 Å². The van der Waals surface area contributed by atoms with Gasteiger partial charge >= 0.3 is 6.18 Å². The molecule has 5 nitrogen and oxygen atoms in total. The molecule has 0 bridgehead atoms. The summed E-state index contributed by atoms with van der Waals surface area (Å²) < 4.78 is 43.0. The average Bonchev–Trinajstić information content (AvgIpc) is 2.49. The number of alkyl halides is 3. The van der Waals surface area contributed by atoms with Crippen molar-refractivity contribution in [2.75, 3.05) is 7.11 Å². The molecule has 0 radical (unpaired) electrons. The molecule has 1 saturated carbocycles. The lowest BCUT2D eigenvalue weighted by molar-refractivity contribution is -0.145. The number of rotatable bonds is 3. The summed E-state index contributed by atoms with van der Waals surface area (Å²) in [6.07, 6.45) is -5.34. The molecule has 3 unspecified atom stereocenters. The highest BCUT2D eigenvalue weighted by Gasteiger charge is 2.46. The summed E-state index contributed by atoms with van der Waals surface area (Å²) in [4.78, 5) is 40.5. The minimum absolute atomic E-state index is 0.168. The van der Waals surface area contributed by atoms with Crippen LogP contribution in [0.2, 0.25) is 0 Å². The monoisotopic (exact) mass is 343 g/mol. The first-order valence-electron chi connectivity index (χ1n) is 7.27. The number of ketones is 3. The van der Waals surface area contributed by atoms with Crippen molar-refractivity contribution >= 4 is 17.3 Å². The molecule has 1 aromatic heterocycles. The van der Waals surface area contributed by atoms with Gasteiger partial charge in [0, 0.05) is 24.3 Å². The van der Waals surface area contributed by atoms with Crippen LogP contribution < -0.4 is 0 Å². The number of pyridine rings is 1. The van der Waals surface area contributed by atoms with E-state index in [0.29, 0.717) is 6.07 Å². The number of aromatic nitrogens is 1. The van der Waals surface area contributed by atoms with Gasteiger partial charge in [-0.3, -0.25) is 14.4 Å². The predicted molar refractivity (Wildman–Crippen MR) is 76.4 cm³/mol. The third-order valence-electron chi connectivity index (χ3n) is 4.13. The lowest BCUT2D eigenvalue weighted by atomic mass is 9.75. The number of halogens is 3. The lowest BCUT2D eigenvalue weighted by Gasteiger charge is -2.29.